The maximum atomic E-state index is 12.3. The van der Waals surface area contributed by atoms with E-state index in [2.05, 4.69) is 0 Å². The predicted octanol–water partition coefficient (Wildman–Crippen LogP) is -0.441. The molecule has 0 spiro atoms. The summed E-state index contributed by atoms with van der Waals surface area (Å²) in [5.74, 6) is -0.617. The van der Waals surface area contributed by atoms with Gasteiger partial charge in [0.05, 0.1) is 19.0 Å². The summed E-state index contributed by atoms with van der Waals surface area (Å²) in [7, 11) is -3.66. The molecule has 10 heteroatoms. The van der Waals surface area contributed by atoms with Gasteiger partial charge in [-0.15, -0.1) is 0 Å². The molecule has 0 radical (unpaired) electrons. The Hall–Kier alpha value is -0.840. The van der Waals surface area contributed by atoms with E-state index in [0.717, 1.165) is 16.3 Å². The van der Waals surface area contributed by atoms with Crippen molar-refractivity contribution in [1.29, 1.82) is 0 Å². The first kappa shape index (κ1) is 20.2. The van der Waals surface area contributed by atoms with Crippen LogP contribution in [-0.4, -0.2) is 91.8 Å². The van der Waals surface area contributed by atoms with E-state index in [1.54, 1.807) is 16.7 Å². The van der Waals surface area contributed by atoms with Gasteiger partial charge in [-0.3, -0.25) is 9.59 Å². The van der Waals surface area contributed by atoms with E-state index in [0.29, 0.717) is 13.2 Å². The van der Waals surface area contributed by atoms with Crippen LogP contribution >= 0.6 is 11.8 Å². The topological polar surface area (TPSA) is 104 Å². The summed E-state index contributed by atoms with van der Waals surface area (Å²) in [5.41, 5.74) is 0. The van der Waals surface area contributed by atoms with Gasteiger partial charge in [0.25, 0.3) is 0 Å². The maximum Gasteiger partial charge on any atom is 0.318 e. The second-order valence-corrected chi connectivity index (χ2v) is 8.48. The number of morpholine rings is 1. The van der Waals surface area contributed by atoms with Gasteiger partial charge in [-0.05, 0) is 6.26 Å². The fourth-order valence-corrected chi connectivity index (χ4v) is 3.78. The zero-order valence-electron chi connectivity index (χ0n) is 13.6. The van der Waals surface area contributed by atoms with E-state index in [1.807, 2.05) is 13.2 Å². The Bertz CT molecular complexity index is 525. The lowest BCUT2D eigenvalue weighted by atomic mass is 10.1. The molecule has 2 unspecified atom stereocenters. The average molecular weight is 368 g/mol. The number of rotatable bonds is 8. The molecule has 1 fully saturated rings. The molecular formula is C13H24N2O6S2. The van der Waals surface area contributed by atoms with Crippen molar-refractivity contribution in [3.05, 3.63) is 0 Å². The minimum absolute atomic E-state index is 0.0109. The highest BCUT2D eigenvalue weighted by atomic mass is 32.2. The number of carboxylic acid groups (broad SMARTS) is 1. The number of aliphatic carboxylic acids is 1. The van der Waals surface area contributed by atoms with Gasteiger partial charge in [-0.1, -0.05) is 6.92 Å². The third-order valence-corrected chi connectivity index (χ3v) is 5.53. The Labute approximate surface area is 141 Å². The molecule has 134 valence electrons. The molecule has 1 saturated heterocycles. The number of sulfonamides is 1. The van der Waals surface area contributed by atoms with Crippen LogP contribution < -0.4 is 0 Å². The molecule has 23 heavy (non-hydrogen) atoms. The van der Waals surface area contributed by atoms with Crippen LogP contribution in [0.1, 0.15) is 6.92 Å². The number of hydrogen-bond donors (Lipinski definition) is 1. The largest absolute Gasteiger partial charge is 0.480 e. The van der Waals surface area contributed by atoms with Crippen molar-refractivity contribution in [3.63, 3.8) is 0 Å². The number of amides is 1. The molecule has 1 N–H and O–H groups in total. The van der Waals surface area contributed by atoms with Crippen molar-refractivity contribution in [3.8, 4) is 0 Å². The first-order valence-electron chi connectivity index (χ1n) is 7.21. The van der Waals surface area contributed by atoms with Crippen LogP contribution in [0.15, 0.2) is 0 Å². The SMILES string of the molecule is CSCC(C)C(=O)N1CCOC(CN(CC(=O)O)S(C)(=O)=O)C1. The van der Waals surface area contributed by atoms with Crippen molar-refractivity contribution >= 4 is 33.7 Å². The van der Waals surface area contributed by atoms with Crippen LogP contribution in [0.5, 0.6) is 0 Å². The quantitative estimate of drug-likeness (QED) is 0.619. The predicted molar refractivity (Wildman–Crippen MR) is 87.9 cm³/mol. The van der Waals surface area contributed by atoms with Crippen molar-refractivity contribution in [2.75, 3.05) is 51.1 Å². The standard InChI is InChI=1S/C13H24N2O6S2/c1-10(9-22-2)13(18)14-4-5-21-11(6-14)7-15(8-12(16)17)23(3,19)20/h10-11H,4-9H2,1-3H3,(H,16,17). The third-order valence-electron chi connectivity index (χ3n) is 3.48. The van der Waals surface area contributed by atoms with Crippen LogP contribution in [0.2, 0.25) is 0 Å². The van der Waals surface area contributed by atoms with Crippen LogP contribution in [0, 0.1) is 5.92 Å². The van der Waals surface area contributed by atoms with Crippen LogP contribution in [0.25, 0.3) is 0 Å². The Morgan fingerprint density at radius 3 is 2.65 bits per heavy atom. The van der Waals surface area contributed by atoms with Gasteiger partial charge in [-0.2, -0.15) is 16.1 Å². The smallest absolute Gasteiger partial charge is 0.318 e. The number of nitrogens with zero attached hydrogens (tertiary/aromatic N) is 2. The second kappa shape index (κ2) is 8.86. The second-order valence-electron chi connectivity index (χ2n) is 5.58. The fraction of sp³-hybridized carbons (Fsp3) is 0.846. The monoisotopic (exact) mass is 368 g/mol. The first-order chi connectivity index (χ1) is 10.6. The molecule has 1 aliphatic heterocycles. The summed E-state index contributed by atoms with van der Waals surface area (Å²) in [4.78, 5) is 24.8. The molecule has 1 aliphatic rings. The lowest BCUT2D eigenvalue weighted by molar-refractivity contribution is -0.143. The molecule has 1 amide bonds. The van der Waals surface area contributed by atoms with Crippen molar-refractivity contribution in [2.24, 2.45) is 5.92 Å². The van der Waals surface area contributed by atoms with Gasteiger partial charge in [0.2, 0.25) is 15.9 Å². The van der Waals surface area contributed by atoms with Gasteiger partial charge < -0.3 is 14.7 Å². The summed E-state index contributed by atoms with van der Waals surface area (Å²) >= 11 is 1.59. The molecule has 1 rings (SSSR count). The lowest BCUT2D eigenvalue weighted by Crippen LogP contribution is -2.52. The van der Waals surface area contributed by atoms with Gasteiger partial charge in [0.15, 0.2) is 0 Å². The lowest BCUT2D eigenvalue weighted by Gasteiger charge is -2.36. The van der Waals surface area contributed by atoms with E-state index >= 15 is 0 Å². The van der Waals surface area contributed by atoms with Crippen LogP contribution in [0.4, 0.5) is 0 Å². The summed E-state index contributed by atoms with van der Waals surface area (Å²) in [6, 6.07) is 0. The Kier molecular flexibility index (Phi) is 7.78. The molecule has 0 aromatic heterocycles. The highest BCUT2D eigenvalue weighted by Gasteiger charge is 2.31. The zero-order valence-corrected chi connectivity index (χ0v) is 15.2. The van der Waals surface area contributed by atoms with E-state index in [9.17, 15) is 18.0 Å². The number of carbonyl (C=O) groups is 2. The van der Waals surface area contributed by atoms with Crippen molar-refractivity contribution < 1.29 is 27.9 Å². The summed E-state index contributed by atoms with van der Waals surface area (Å²) in [6.07, 6.45) is 2.37. The van der Waals surface area contributed by atoms with E-state index in [4.69, 9.17) is 9.84 Å². The van der Waals surface area contributed by atoms with E-state index in [-0.39, 0.29) is 24.9 Å². The van der Waals surface area contributed by atoms with Gasteiger partial charge in [-0.25, -0.2) is 8.42 Å². The number of carboxylic acids is 1. The highest BCUT2D eigenvalue weighted by Crippen LogP contribution is 2.14. The summed E-state index contributed by atoms with van der Waals surface area (Å²) < 4.78 is 29.7. The van der Waals surface area contributed by atoms with E-state index < -0.39 is 28.6 Å². The minimum Gasteiger partial charge on any atom is -0.480 e. The van der Waals surface area contributed by atoms with Crippen LogP contribution in [-0.2, 0) is 24.3 Å². The fourth-order valence-electron chi connectivity index (χ4n) is 2.36. The Balaban J connectivity index is 2.70. The van der Waals surface area contributed by atoms with Crippen molar-refractivity contribution in [1.82, 2.24) is 9.21 Å². The zero-order chi connectivity index (χ0) is 17.6. The Morgan fingerprint density at radius 2 is 2.13 bits per heavy atom. The normalized spacial score (nSPS) is 20.5. The number of carbonyl (C=O) groups excluding carboxylic acids is 1. The van der Waals surface area contributed by atoms with Crippen molar-refractivity contribution in [2.45, 2.75) is 13.0 Å². The van der Waals surface area contributed by atoms with Crippen LogP contribution in [0.3, 0.4) is 0 Å². The molecular weight excluding hydrogens is 344 g/mol. The maximum absolute atomic E-state index is 12.3. The van der Waals surface area contributed by atoms with Gasteiger partial charge in [0, 0.05) is 31.3 Å². The third kappa shape index (κ3) is 6.66. The molecule has 1 heterocycles. The molecule has 0 aliphatic carbocycles. The van der Waals surface area contributed by atoms with Gasteiger partial charge >= 0.3 is 5.97 Å². The Morgan fingerprint density at radius 1 is 1.48 bits per heavy atom. The number of ether oxygens (including phenoxy) is 1. The summed E-state index contributed by atoms with van der Waals surface area (Å²) in [6.45, 7) is 2.21. The first-order valence-corrected chi connectivity index (χ1v) is 10.5. The minimum atomic E-state index is -3.66. The molecule has 8 nitrogen and oxygen atoms in total. The molecule has 0 aromatic rings. The number of thioether (sulfide) groups is 1. The number of hydrogen-bond acceptors (Lipinski definition) is 6. The molecule has 0 bridgehead atoms. The van der Waals surface area contributed by atoms with Gasteiger partial charge in [0.1, 0.15) is 6.54 Å². The highest BCUT2D eigenvalue weighted by molar-refractivity contribution is 7.98. The molecule has 0 saturated carbocycles. The molecule has 2 atom stereocenters. The average Bonchev–Trinajstić information content (AvgIpc) is 2.45. The molecule has 0 aromatic carbocycles. The van der Waals surface area contributed by atoms with E-state index in [1.165, 1.54) is 0 Å². The summed E-state index contributed by atoms with van der Waals surface area (Å²) in [5, 5.41) is 8.83.